The van der Waals surface area contributed by atoms with Gasteiger partial charge in [0.2, 0.25) is 0 Å². The van der Waals surface area contributed by atoms with Crippen molar-refractivity contribution in [1.29, 1.82) is 0 Å². The minimum absolute atomic E-state index is 0.163. The fourth-order valence-corrected chi connectivity index (χ4v) is 2.13. The minimum atomic E-state index is -0.283. The normalized spacial score (nSPS) is 10.3. The lowest BCUT2D eigenvalue weighted by Gasteiger charge is -2.09. The van der Waals surface area contributed by atoms with Crippen LogP contribution in [0.2, 0.25) is 10.0 Å². The molecule has 0 aliphatic rings. The van der Waals surface area contributed by atoms with Gasteiger partial charge in [-0.05, 0) is 24.6 Å². The fourth-order valence-electron chi connectivity index (χ4n) is 1.79. The number of hydrogen-bond donors (Lipinski definition) is 1. The van der Waals surface area contributed by atoms with Crippen LogP contribution >= 0.6 is 23.2 Å². The topological polar surface area (TPSA) is 73.2 Å². The molecule has 0 bridgehead atoms. The molecule has 0 saturated heterocycles. The monoisotopic (exact) mass is 355 g/mol. The van der Waals surface area contributed by atoms with Crippen molar-refractivity contribution in [3.8, 4) is 5.75 Å². The van der Waals surface area contributed by atoms with Crippen molar-refractivity contribution in [3.05, 3.63) is 56.9 Å². The van der Waals surface area contributed by atoms with Crippen LogP contribution in [0.4, 0.5) is 0 Å². The molecule has 0 aliphatic heterocycles. The fraction of sp³-hybridized carbons (Fsp3) is 0.267. The number of rotatable bonds is 7. The lowest BCUT2D eigenvalue weighted by molar-refractivity contribution is -0.123. The third-order valence-corrected chi connectivity index (χ3v) is 3.45. The highest BCUT2D eigenvalue weighted by atomic mass is 35.5. The van der Waals surface area contributed by atoms with E-state index in [1.54, 1.807) is 30.5 Å². The number of carbonyl (C=O) groups is 1. The van der Waals surface area contributed by atoms with E-state index in [1.807, 2.05) is 0 Å². The summed E-state index contributed by atoms with van der Waals surface area (Å²) < 4.78 is 6.66. The zero-order chi connectivity index (χ0) is 16.7. The Balaban J connectivity index is 1.70. The second kappa shape index (κ2) is 8.55. The summed E-state index contributed by atoms with van der Waals surface area (Å²) >= 11 is 11.8. The molecule has 0 radical (unpaired) electrons. The van der Waals surface area contributed by atoms with Crippen molar-refractivity contribution in [1.82, 2.24) is 15.1 Å². The van der Waals surface area contributed by atoms with Gasteiger partial charge in [0.15, 0.2) is 6.61 Å². The summed E-state index contributed by atoms with van der Waals surface area (Å²) in [5.74, 6) is 0.0729. The van der Waals surface area contributed by atoms with Crippen LogP contribution in [0.1, 0.15) is 6.42 Å². The van der Waals surface area contributed by atoms with Crippen LogP contribution < -0.4 is 15.6 Å². The maximum absolute atomic E-state index is 11.7. The highest BCUT2D eigenvalue weighted by molar-refractivity contribution is 6.34. The van der Waals surface area contributed by atoms with Gasteiger partial charge in [0.1, 0.15) is 5.75 Å². The molecule has 6 nitrogen and oxygen atoms in total. The maximum Gasteiger partial charge on any atom is 0.266 e. The number of nitrogens with zero attached hydrogens (tertiary/aromatic N) is 2. The summed E-state index contributed by atoms with van der Waals surface area (Å²) in [5.41, 5.74) is -0.169. The lowest BCUT2D eigenvalue weighted by atomic mass is 10.3. The average Bonchev–Trinajstić information content (AvgIpc) is 2.54. The van der Waals surface area contributed by atoms with Gasteiger partial charge in [-0.25, -0.2) is 4.68 Å². The van der Waals surface area contributed by atoms with Gasteiger partial charge in [-0.15, -0.1) is 0 Å². The molecule has 0 spiro atoms. The third kappa shape index (κ3) is 5.58. The molecule has 1 N–H and O–H groups in total. The predicted octanol–water partition coefficient (Wildman–Crippen LogP) is 2.14. The van der Waals surface area contributed by atoms with Crippen LogP contribution in [0.5, 0.6) is 5.75 Å². The van der Waals surface area contributed by atoms with Crippen molar-refractivity contribution < 1.29 is 9.53 Å². The number of hydrogen-bond acceptors (Lipinski definition) is 4. The molecule has 1 amide bonds. The SMILES string of the molecule is O=C(COc1cc(Cl)ccc1Cl)NCCCn1ncccc1=O. The Morgan fingerprint density at radius 2 is 2.13 bits per heavy atom. The number of benzene rings is 1. The van der Waals surface area contributed by atoms with E-state index in [0.717, 1.165) is 0 Å². The van der Waals surface area contributed by atoms with Crippen LogP contribution in [0, 0.1) is 0 Å². The standard InChI is InChI=1S/C15H15Cl2N3O3/c16-11-4-5-12(17)13(9-11)23-10-14(21)18-6-2-8-20-15(22)3-1-7-19-20/h1,3-5,7,9H,2,6,8,10H2,(H,18,21). The summed E-state index contributed by atoms with van der Waals surface area (Å²) in [4.78, 5) is 23.1. The van der Waals surface area contributed by atoms with Gasteiger partial charge in [0.05, 0.1) is 5.02 Å². The number of aromatic nitrogens is 2. The van der Waals surface area contributed by atoms with E-state index < -0.39 is 0 Å². The summed E-state index contributed by atoms with van der Waals surface area (Å²) in [5, 5.41) is 7.49. The smallest absolute Gasteiger partial charge is 0.266 e. The third-order valence-electron chi connectivity index (χ3n) is 2.91. The molecular weight excluding hydrogens is 341 g/mol. The first-order valence-electron chi connectivity index (χ1n) is 6.93. The van der Waals surface area contributed by atoms with E-state index in [0.29, 0.717) is 35.3 Å². The van der Waals surface area contributed by atoms with E-state index in [-0.39, 0.29) is 18.1 Å². The largest absolute Gasteiger partial charge is 0.482 e. The van der Waals surface area contributed by atoms with Crippen molar-refractivity contribution in [2.75, 3.05) is 13.2 Å². The Labute approximate surface area is 143 Å². The molecule has 2 rings (SSSR count). The van der Waals surface area contributed by atoms with Gasteiger partial charge in [0.25, 0.3) is 11.5 Å². The van der Waals surface area contributed by atoms with Gasteiger partial charge in [-0.3, -0.25) is 9.59 Å². The molecule has 1 aromatic carbocycles. The molecule has 2 aromatic rings. The van der Waals surface area contributed by atoms with Crippen molar-refractivity contribution in [2.45, 2.75) is 13.0 Å². The predicted molar refractivity (Wildman–Crippen MR) is 88.1 cm³/mol. The van der Waals surface area contributed by atoms with Gasteiger partial charge < -0.3 is 10.1 Å². The lowest BCUT2D eigenvalue weighted by Crippen LogP contribution is -2.31. The molecular formula is C15H15Cl2N3O3. The van der Waals surface area contributed by atoms with E-state index in [2.05, 4.69) is 10.4 Å². The quantitative estimate of drug-likeness (QED) is 0.772. The van der Waals surface area contributed by atoms with Gasteiger partial charge >= 0.3 is 0 Å². The van der Waals surface area contributed by atoms with Gasteiger partial charge in [-0.1, -0.05) is 23.2 Å². The first-order valence-corrected chi connectivity index (χ1v) is 7.68. The molecule has 0 fully saturated rings. The second-order valence-electron chi connectivity index (χ2n) is 4.65. The first kappa shape index (κ1) is 17.3. The van der Waals surface area contributed by atoms with Gasteiger partial charge in [0, 0.05) is 36.4 Å². The van der Waals surface area contributed by atoms with Crippen LogP contribution in [0.3, 0.4) is 0 Å². The molecule has 8 heteroatoms. The van der Waals surface area contributed by atoms with E-state index in [9.17, 15) is 9.59 Å². The highest BCUT2D eigenvalue weighted by Gasteiger charge is 2.06. The first-order chi connectivity index (χ1) is 11.1. The summed E-state index contributed by atoms with van der Waals surface area (Å²) in [6, 6.07) is 7.80. The van der Waals surface area contributed by atoms with Crippen molar-refractivity contribution in [3.63, 3.8) is 0 Å². The van der Waals surface area contributed by atoms with E-state index in [1.165, 1.54) is 10.7 Å². The molecule has 0 saturated carbocycles. The van der Waals surface area contributed by atoms with Crippen LogP contribution in [0.25, 0.3) is 0 Å². The van der Waals surface area contributed by atoms with E-state index >= 15 is 0 Å². The minimum Gasteiger partial charge on any atom is -0.482 e. The number of halogens is 2. The Hall–Kier alpha value is -2.05. The maximum atomic E-state index is 11.7. The van der Waals surface area contributed by atoms with Gasteiger partial charge in [-0.2, -0.15) is 5.10 Å². The van der Waals surface area contributed by atoms with Crippen LogP contribution in [0.15, 0.2) is 41.3 Å². The molecule has 0 atom stereocenters. The Morgan fingerprint density at radius 3 is 2.91 bits per heavy atom. The van der Waals surface area contributed by atoms with Crippen molar-refractivity contribution in [2.24, 2.45) is 0 Å². The molecule has 1 aromatic heterocycles. The highest BCUT2D eigenvalue weighted by Crippen LogP contribution is 2.27. The van der Waals surface area contributed by atoms with Crippen LogP contribution in [-0.2, 0) is 11.3 Å². The van der Waals surface area contributed by atoms with E-state index in [4.69, 9.17) is 27.9 Å². The number of ether oxygens (including phenoxy) is 1. The molecule has 1 heterocycles. The zero-order valence-corrected chi connectivity index (χ0v) is 13.7. The zero-order valence-electron chi connectivity index (χ0n) is 12.2. The number of carbonyl (C=O) groups excluding carboxylic acids is 1. The average molecular weight is 356 g/mol. The number of aryl methyl sites for hydroxylation is 1. The Kier molecular flexibility index (Phi) is 6.43. The second-order valence-corrected chi connectivity index (χ2v) is 5.50. The van der Waals surface area contributed by atoms with Crippen molar-refractivity contribution >= 4 is 29.1 Å². The molecule has 0 aliphatic carbocycles. The molecule has 0 unspecified atom stereocenters. The van der Waals surface area contributed by atoms with Crippen LogP contribution in [-0.4, -0.2) is 28.8 Å². The molecule has 122 valence electrons. The summed E-state index contributed by atoms with van der Waals surface area (Å²) in [6.45, 7) is 0.680. The summed E-state index contributed by atoms with van der Waals surface area (Å²) in [6.07, 6.45) is 2.13. The Morgan fingerprint density at radius 1 is 1.30 bits per heavy atom. The molecule has 23 heavy (non-hydrogen) atoms. The number of amides is 1. The Bertz CT molecular complexity index is 734. The number of nitrogens with one attached hydrogen (secondary N) is 1. The summed E-state index contributed by atoms with van der Waals surface area (Å²) in [7, 11) is 0.